The van der Waals surface area contributed by atoms with Gasteiger partial charge >= 0.3 is 5.97 Å². The van der Waals surface area contributed by atoms with Crippen molar-refractivity contribution >= 4 is 5.97 Å². The van der Waals surface area contributed by atoms with Crippen LogP contribution in [0.2, 0.25) is 0 Å². The summed E-state index contributed by atoms with van der Waals surface area (Å²) in [4.78, 5) is 12.1. The number of esters is 1. The number of aryl methyl sites for hydroxylation is 2. The summed E-state index contributed by atoms with van der Waals surface area (Å²) in [6.45, 7) is 5.94. The smallest absolute Gasteiger partial charge is 0.318 e. The number of ether oxygens (including phenoxy) is 1. The lowest BCUT2D eigenvalue weighted by Crippen LogP contribution is -2.16. The van der Waals surface area contributed by atoms with Gasteiger partial charge in [-0.2, -0.15) is 0 Å². The summed E-state index contributed by atoms with van der Waals surface area (Å²) in [7, 11) is 0. The van der Waals surface area contributed by atoms with Crippen LogP contribution in [0.5, 0.6) is 5.75 Å². The monoisotopic (exact) mass is 254 g/mol. The molecule has 98 valence electrons. The average Bonchev–Trinajstić information content (AvgIpc) is 2.37. The van der Waals surface area contributed by atoms with Gasteiger partial charge in [0.25, 0.3) is 0 Å². The van der Waals surface area contributed by atoms with E-state index >= 15 is 0 Å². The summed E-state index contributed by atoms with van der Waals surface area (Å²) in [5.74, 6) is 0.0960. The van der Waals surface area contributed by atoms with Gasteiger partial charge in [-0.1, -0.05) is 47.5 Å². The molecule has 0 saturated heterocycles. The summed E-state index contributed by atoms with van der Waals surface area (Å²) < 4.78 is 5.37. The predicted octanol–water partition coefficient (Wildman–Crippen LogP) is 4.01. The van der Waals surface area contributed by atoms with E-state index in [1.165, 1.54) is 0 Å². The lowest BCUT2D eigenvalue weighted by atomic mass is 9.97. The third-order valence-electron chi connectivity index (χ3n) is 3.06. The lowest BCUT2D eigenvalue weighted by molar-refractivity contribution is -0.135. The Morgan fingerprint density at radius 2 is 1.58 bits per heavy atom. The quantitative estimate of drug-likeness (QED) is 0.611. The van der Waals surface area contributed by atoms with Crippen molar-refractivity contribution in [2.75, 3.05) is 0 Å². The largest absolute Gasteiger partial charge is 0.426 e. The normalized spacial score (nSPS) is 11.9. The van der Waals surface area contributed by atoms with Crippen molar-refractivity contribution in [1.82, 2.24) is 0 Å². The maximum absolute atomic E-state index is 12.1. The van der Waals surface area contributed by atoms with Crippen LogP contribution in [0.25, 0.3) is 0 Å². The number of benzene rings is 2. The van der Waals surface area contributed by atoms with Crippen molar-refractivity contribution in [2.45, 2.75) is 26.7 Å². The van der Waals surface area contributed by atoms with Crippen LogP contribution in [0.1, 0.15) is 29.5 Å². The Kier molecular flexibility index (Phi) is 4.00. The Morgan fingerprint density at radius 1 is 1.00 bits per heavy atom. The zero-order chi connectivity index (χ0) is 13.8. The molecule has 0 aliphatic carbocycles. The highest BCUT2D eigenvalue weighted by Gasteiger charge is 2.18. The summed E-state index contributed by atoms with van der Waals surface area (Å²) in [5, 5.41) is 0. The van der Waals surface area contributed by atoms with Crippen molar-refractivity contribution in [1.29, 1.82) is 0 Å². The van der Waals surface area contributed by atoms with Gasteiger partial charge in [-0.15, -0.1) is 0 Å². The molecule has 2 rings (SSSR count). The minimum absolute atomic E-state index is 0.226. The summed E-state index contributed by atoms with van der Waals surface area (Å²) in [5.41, 5.74) is 3.32. The van der Waals surface area contributed by atoms with E-state index in [1.54, 1.807) is 12.1 Å². The number of carbonyl (C=O) groups is 1. The van der Waals surface area contributed by atoms with Crippen LogP contribution in [0.4, 0.5) is 0 Å². The Balaban J connectivity index is 2.15. The van der Waals surface area contributed by atoms with Gasteiger partial charge < -0.3 is 4.74 Å². The molecule has 1 atom stereocenters. The molecular weight excluding hydrogens is 236 g/mol. The molecule has 0 heterocycles. The van der Waals surface area contributed by atoms with E-state index in [1.807, 2.05) is 51.1 Å². The van der Waals surface area contributed by atoms with E-state index in [0.717, 1.165) is 16.7 Å². The van der Waals surface area contributed by atoms with E-state index in [0.29, 0.717) is 5.75 Å². The first-order valence-corrected chi connectivity index (χ1v) is 6.41. The van der Waals surface area contributed by atoms with Gasteiger partial charge in [-0.05, 0) is 38.5 Å². The Bertz CT molecular complexity index is 553. The second-order valence-electron chi connectivity index (χ2n) is 4.88. The summed E-state index contributed by atoms with van der Waals surface area (Å²) >= 11 is 0. The van der Waals surface area contributed by atoms with E-state index in [2.05, 4.69) is 6.07 Å². The van der Waals surface area contributed by atoms with Crippen LogP contribution in [-0.2, 0) is 4.79 Å². The SMILES string of the molecule is Cc1cc(C)cc(C(C)C(=O)Oc2ccccc2)c1. The Morgan fingerprint density at radius 3 is 2.16 bits per heavy atom. The minimum atomic E-state index is -0.265. The van der Waals surface area contributed by atoms with E-state index in [9.17, 15) is 4.79 Å². The van der Waals surface area contributed by atoms with Gasteiger partial charge in [-0.3, -0.25) is 4.79 Å². The van der Waals surface area contributed by atoms with Gasteiger partial charge in [0.15, 0.2) is 0 Å². The Hall–Kier alpha value is -2.09. The van der Waals surface area contributed by atoms with Crippen LogP contribution in [0.15, 0.2) is 48.5 Å². The molecule has 0 amide bonds. The number of para-hydroxylation sites is 1. The van der Waals surface area contributed by atoms with Crippen LogP contribution < -0.4 is 4.74 Å². The van der Waals surface area contributed by atoms with Crippen molar-refractivity contribution < 1.29 is 9.53 Å². The highest BCUT2D eigenvalue weighted by molar-refractivity contribution is 5.80. The topological polar surface area (TPSA) is 26.3 Å². The predicted molar refractivity (Wildman–Crippen MR) is 76.4 cm³/mol. The second-order valence-corrected chi connectivity index (χ2v) is 4.88. The first-order valence-electron chi connectivity index (χ1n) is 6.41. The van der Waals surface area contributed by atoms with E-state index in [4.69, 9.17) is 4.74 Å². The second kappa shape index (κ2) is 5.70. The van der Waals surface area contributed by atoms with Crippen molar-refractivity contribution in [3.05, 3.63) is 65.2 Å². The summed E-state index contributed by atoms with van der Waals surface area (Å²) in [6, 6.07) is 15.3. The molecule has 0 aliphatic rings. The molecule has 1 unspecified atom stereocenters. The maximum Gasteiger partial charge on any atom is 0.318 e. The first-order chi connectivity index (χ1) is 9.06. The standard InChI is InChI=1S/C17H18O2/c1-12-9-13(2)11-15(10-12)14(3)17(18)19-16-7-5-4-6-8-16/h4-11,14H,1-3H3. The summed E-state index contributed by atoms with van der Waals surface area (Å²) in [6.07, 6.45) is 0. The first kappa shape index (κ1) is 13.3. The van der Waals surface area contributed by atoms with Crippen LogP contribution in [0, 0.1) is 13.8 Å². The molecule has 0 aromatic heterocycles. The third-order valence-corrected chi connectivity index (χ3v) is 3.06. The highest BCUT2D eigenvalue weighted by atomic mass is 16.5. The number of hydrogen-bond donors (Lipinski definition) is 0. The molecule has 0 bridgehead atoms. The van der Waals surface area contributed by atoms with Crippen molar-refractivity contribution in [3.63, 3.8) is 0 Å². The fourth-order valence-corrected chi connectivity index (χ4v) is 2.09. The van der Waals surface area contributed by atoms with Gasteiger partial charge in [0.05, 0.1) is 5.92 Å². The van der Waals surface area contributed by atoms with Gasteiger partial charge in [0.2, 0.25) is 0 Å². The van der Waals surface area contributed by atoms with Crippen molar-refractivity contribution in [3.8, 4) is 5.75 Å². The molecule has 2 heteroatoms. The Labute approximate surface area is 114 Å². The average molecular weight is 254 g/mol. The zero-order valence-corrected chi connectivity index (χ0v) is 11.5. The fourth-order valence-electron chi connectivity index (χ4n) is 2.09. The molecule has 0 radical (unpaired) electrons. The number of hydrogen-bond acceptors (Lipinski definition) is 2. The molecule has 2 aromatic carbocycles. The van der Waals surface area contributed by atoms with Gasteiger partial charge in [0.1, 0.15) is 5.75 Å². The van der Waals surface area contributed by atoms with Gasteiger partial charge in [0, 0.05) is 0 Å². The maximum atomic E-state index is 12.1. The lowest BCUT2D eigenvalue weighted by Gasteiger charge is -2.13. The van der Waals surface area contributed by atoms with Crippen LogP contribution in [0.3, 0.4) is 0 Å². The van der Waals surface area contributed by atoms with Crippen LogP contribution in [-0.4, -0.2) is 5.97 Å². The fraction of sp³-hybridized carbons (Fsp3) is 0.235. The molecule has 0 N–H and O–H groups in total. The molecule has 0 fully saturated rings. The molecule has 19 heavy (non-hydrogen) atoms. The zero-order valence-electron chi connectivity index (χ0n) is 11.5. The van der Waals surface area contributed by atoms with E-state index < -0.39 is 0 Å². The van der Waals surface area contributed by atoms with Crippen molar-refractivity contribution in [2.24, 2.45) is 0 Å². The highest BCUT2D eigenvalue weighted by Crippen LogP contribution is 2.21. The minimum Gasteiger partial charge on any atom is -0.426 e. The van der Waals surface area contributed by atoms with E-state index in [-0.39, 0.29) is 11.9 Å². The molecule has 0 aliphatic heterocycles. The molecule has 2 nitrogen and oxygen atoms in total. The van der Waals surface area contributed by atoms with Gasteiger partial charge in [-0.25, -0.2) is 0 Å². The molecule has 0 saturated carbocycles. The number of rotatable bonds is 3. The molecule has 0 spiro atoms. The third kappa shape index (κ3) is 3.44. The van der Waals surface area contributed by atoms with Crippen LogP contribution >= 0.6 is 0 Å². The molecule has 2 aromatic rings. The molecular formula is C17H18O2. The number of carbonyl (C=O) groups excluding carboxylic acids is 1.